The van der Waals surface area contributed by atoms with Crippen molar-refractivity contribution in [2.45, 2.75) is 63.8 Å². The van der Waals surface area contributed by atoms with Gasteiger partial charge in [-0.25, -0.2) is 14.1 Å². The number of hydrogen-bond acceptors (Lipinski definition) is 3. The predicted octanol–water partition coefficient (Wildman–Crippen LogP) is 3.70. The fourth-order valence-electron chi connectivity index (χ4n) is 3.20. The monoisotopic (exact) mass is 360 g/mol. The molecule has 2 aromatic heterocycles. The molecule has 0 amide bonds. The number of nitrogens with zero attached hydrogens (tertiary/aromatic N) is 3. The summed E-state index contributed by atoms with van der Waals surface area (Å²) in [4.78, 5) is 18.8. The molecule has 0 radical (unpaired) electrons. The van der Waals surface area contributed by atoms with Gasteiger partial charge in [0.25, 0.3) is 5.56 Å². The molecule has 1 atom stereocenters. The van der Waals surface area contributed by atoms with Crippen molar-refractivity contribution < 1.29 is 17.6 Å². The standard InChI is InChI=1S/C16H20F4N4O/c1-9(16(18,19)20)7-12-22-13-11(14(25)23-12)8-21-24(13)10-3-5-15(2,17)6-4-10/h8-10H,3-7H2,1-2H3,(H,22,23,25). The number of alkyl halides is 4. The first-order valence-electron chi connectivity index (χ1n) is 8.29. The molecule has 138 valence electrons. The van der Waals surface area contributed by atoms with Crippen molar-refractivity contribution in [3.63, 3.8) is 0 Å². The zero-order chi connectivity index (χ0) is 18.4. The minimum Gasteiger partial charge on any atom is -0.310 e. The third-order valence-electron chi connectivity index (χ3n) is 4.91. The normalized spacial score (nSPS) is 26.1. The molecular weight excluding hydrogens is 340 g/mol. The first-order valence-corrected chi connectivity index (χ1v) is 8.29. The van der Waals surface area contributed by atoms with E-state index in [0.717, 1.165) is 6.92 Å². The highest BCUT2D eigenvalue weighted by molar-refractivity contribution is 5.73. The molecule has 0 spiro atoms. The van der Waals surface area contributed by atoms with Gasteiger partial charge in [-0.1, -0.05) is 6.92 Å². The maximum absolute atomic E-state index is 14.0. The van der Waals surface area contributed by atoms with Crippen LogP contribution in [0.5, 0.6) is 0 Å². The van der Waals surface area contributed by atoms with Gasteiger partial charge in [0, 0.05) is 6.42 Å². The number of rotatable bonds is 3. The van der Waals surface area contributed by atoms with Crippen LogP contribution in [0.15, 0.2) is 11.0 Å². The molecule has 1 aliphatic rings. The summed E-state index contributed by atoms with van der Waals surface area (Å²) in [6.45, 7) is 2.61. The minimum absolute atomic E-state index is 0.0183. The lowest BCUT2D eigenvalue weighted by Gasteiger charge is -2.31. The molecule has 0 saturated heterocycles. The smallest absolute Gasteiger partial charge is 0.310 e. The summed E-state index contributed by atoms with van der Waals surface area (Å²) in [5.74, 6) is -1.64. The van der Waals surface area contributed by atoms with E-state index in [-0.39, 0.29) is 22.9 Å². The molecule has 5 nitrogen and oxygen atoms in total. The van der Waals surface area contributed by atoms with E-state index >= 15 is 0 Å². The Labute approximate surface area is 141 Å². The Balaban J connectivity index is 1.93. The lowest BCUT2D eigenvalue weighted by Crippen LogP contribution is -2.28. The maximum Gasteiger partial charge on any atom is 0.391 e. The van der Waals surface area contributed by atoms with E-state index in [4.69, 9.17) is 0 Å². The number of nitrogens with one attached hydrogen (secondary N) is 1. The first kappa shape index (κ1) is 17.9. The molecule has 25 heavy (non-hydrogen) atoms. The van der Waals surface area contributed by atoms with Crippen LogP contribution in [-0.4, -0.2) is 31.6 Å². The largest absolute Gasteiger partial charge is 0.391 e. The van der Waals surface area contributed by atoms with Crippen LogP contribution in [0, 0.1) is 5.92 Å². The number of halogens is 4. The van der Waals surface area contributed by atoms with Crippen molar-refractivity contribution >= 4 is 11.0 Å². The molecule has 2 aromatic rings. The van der Waals surface area contributed by atoms with Gasteiger partial charge in [-0.15, -0.1) is 0 Å². The van der Waals surface area contributed by atoms with Crippen LogP contribution < -0.4 is 5.56 Å². The number of aromatic amines is 1. The molecule has 1 N–H and O–H groups in total. The first-order chi connectivity index (χ1) is 11.6. The van der Waals surface area contributed by atoms with Gasteiger partial charge in [0.2, 0.25) is 0 Å². The lowest BCUT2D eigenvalue weighted by molar-refractivity contribution is -0.169. The molecule has 1 unspecified atom stereocenters. The van der Waals surface area contributed by atoms with Crippen LogP contribution in [0.4, 0.5) is 17.6 Å². The summed E-state index contributed by atoms with van der Waals surface area (Å²) >= 11 is 0. The fourth-order valence-corrected chi connectivity index (χ4v) is 3.20. The summed E-state index contributed by atoms with van der Waals surface area (Å²) in [5, 5.41) is 4.42. The van der Waals surface area contributed by atoms with E-state index in [1.165, 1.54) is 6.20 Å². The van der Waals surface area contributed by atoms with Gasteiger partial charge in [-0.2, -0.15) is 18.3 Å². The Hall–Kier alpha value is -1.93. The number of fused-ring (bicyclic) bond motifs is 1. The van der Waals surface area contributed by atoms with Crippen LogP contribution in [0.1, 0.15) is 51.4 Å². The van der Waals surface area contributed by atoms with Gasteiger partial charge in [0.15, 0.2) is 5.65 Å². The van der Waals surface area contributed by atoms with Crippen LogP contribution >= 0.6 is 0 Å². The molecule has 1 aliphatic carbocycles. The molecule has 3 rings (SSSR count). The molecule has 0 aliphatic heterocycles. The average molecular weight is 360 g/mol. The Morgan fingerprint density at radius 1 is 1.40 bits per heavy atom. The Morgan fingerprint density at radius 2 is 2.04 bits per heavy atom. The van der Waals surface area contributed by atoms with Gasteiger partial charge >= 0.3 is 6.18 Å². The molecule has 0 aromatic carbocycles. The second kappa shape index (κ2) is 6.10. The van der Waals surface area contributed by atoms with Crippen molar-refractivity contribution in [2.75, 3.05) is 0 Å². The predicted molar refractivity (Wildman–Crippen MR) is 84.1 cm³/mol. The summed E-state index contributed by atoms with van der Waals surface area (Å²) < 4.78 is 53.8. The van der Waals surface area contributed by atoms with E-state index in [9.17, 15) is 22.4 Å². The Kier molecular flexibility index (Phi) is 4.36. The number of aromatic nitrogens is 4. The van der Waals surface area contributed by atoms with Crippen molar-refractivity contribution in [1.29, 1.82) is 0 Å². The van der Waals surface area contributed by atoms with Gasteiger partial charge in [0.05, 0.1) is 18.2 Å². The molecule has 1 fully saturated rings. The average Bonchev–Trinajstić information content (AvgIpc) is 2.90. The summed E-state index contributed by atoms with van der Waals surface area (Å²) in [7, 11) is 0. The van der Waals surface area contributed by atoms with Crippen LogP contribution in [0.3, 0.4) is 0 Å². The van der Waals surface area contributed by atoms with Gasteiger partial charge < -0.3 is 4.98 Å². The zero-order valence-corrected chi connectivity index (χ0v) is 14.0. The third kappa shape index (κ3) is 3.69. The summed E-state index contributed by atoms with van der Waals surface area (Å²) in [5.41, 5.74) is -1.45. The van der Waals surface area contributed by atoms with Gasteiger partial charge in [0.1, 0.15) is 16.9 Å². The second-order valence-corrected chi connectivity index (χ2v) is 7.13. The lowest BCUT2D eigenvalue weighted by atomic mass is 9.85. The molecule has 1 saturated carbocycles. The van der Waals surface area contributed by atoms with Crippen LogP contribution in [0.25, 0.3) is 11.0 Å². The van der Waals surface area contributed by atoms with Crippen LogP contribution in [0.2, 0.25) is 0 Å². The van der Waals surface area contributed by atoms with E-state index in [2.05, 4.69) is 15.1 Å². The third-order valence-corrected chi connectivity index (χ3v) is 4.91. The molecule has 0 bridgehead atoms. The highest BCUT2D eigenvalue weighted by Crippen LogP contribution is 2.37. The number of hydrogen-bond donors (Lipinski definition) is 1. The number of H-pyrrole nitrogens is 1. The molecule has 9 heteroatoms. The maximum atomic E-state index is 14.0. The van der Waals surface area contributed by atoms with E-state index in [1.807, 2.05) is 0 Å². The van der Waals surface area contributed by atoms with Crippen molar-refractivity contribution in [2.24, 2.45) is 5.92 Å². The van der Waals surface area contributed by atoms with Crippen LogP contribution in [-0.2, 0) is 6.42 Å². The zero-order valence-electron chi connectivity index (χ0n) is 14.0. The van der Waals surface area contributed by atoms with Gasteiger partial charge in [-0.3, -0.25) is 4.79 Å². The second-order valence-electron chi connectivity index (χ2n) is 7.13. The van der Waals surface area contributed by atoms with E-state index in [0.29, 0.717) is 25.7 Å². The van der Waals surface area contributed by atoms with Crippen molar-refractivity contribution in [3.8, 4) is 0 Å². The highest BCUT2D eigenvalue weighted by atomic mass is 19.4. The van der Waals surface area contributed by atoms with Crippen molar-refractivity contribution in [3.05, 3.63) is 22.4 Å². The van der Waals surface area contributed by atoms with Crippen molar-refractivity contribution in [1.82, 2.24) is 19.7 Å². The quantitative estimate of drug-likeness (QED) is 0.849. The summed E-state index contributed by atoms with van der Waals surface area (Å²) in [6, 6.07) is -0.108. The topological polar surface area (TPSA) is 63.6 Å². The van der Waals surface area contributed by atoms with E-state index < -0.39 is 29.7 Å². The SMILES string of the molecule is CC(Cc1nc2c(cnn2C2CCC(C)(F)CC2)c(=O)[nH]1)C(F)(F)F. The van der Waals surface area contributed by atoms with E-state index in [1.54, 1.807) is 11.6 Å². The minimum atomic E-state index is -4.36. The summed E-state index contributed by atoms with van der Waals surface area (Å²) in [6.07, 6.45) is -1.56. The fraction of sp³-hybridized carbons (Fsp3) is 0.688. The van der Waals surface area contributed by atoms with Gasteiger partial charge in [-0.05, 0) is 32.6 Å². The molecular formula is C16H20F4N4O. The highest BCUT2D eigenvalue weighted by Gasteiger charge is 2.37. The Bertz CT molecular complexity index is 814. The molecule has 2 heterocycles. The Morgan fingerprint density at radius 3 is 2.64 bits per heavy atom.